The van der Waals surface area contributed by atoms with Crippen LogP contribution in [0.25, 0.3) is 0 Å². The van der Waals surface area contributed by atoms with Crippen molar-refractivity contribution < 1.29 is 19.8 Å². The zero-order valence-electron chi connectivity index (χ0n) is 12.0. The van der Waals surface area contributed by atoms with E-state index in [1.165, 1.54) is 16.7 Å². The molecule has 2 rings (SSSR count). The third kappa shape index (κ3) is 3.92. The van der Waals surface area contributed by atoms with Gasteiger partial charge in [0.25, 0.3) is 0 Å². The molecule has 1 aliphatic heterocycles. The lowest BCUT2D eigenvalue weighted by Gasteiger charge is -2.36. The van der Waals surface area contributed by atoms with Gasteiger partial charge in [0.05, 0.1) is 11.6 Å². The quantitative estimate of drug-likeness (QED) is 0.784. The van der Waals surface area contributed by atoms with E-state index in [1.54, 1.807) is 18.7 Å². The first-order valence-electron chi connectivity index (χ1n) is 6.75. The van der Waals surface area contributed by atoms with Gasteiger partial charge in [-0.2, -0.15) is 0 Å². The third-order valence-corrected chi connectivity index (χ3v) is 4.61. The molecular weight excluding hydrogens is 294 g/mol. The summed E-state index contributed by atoms with van der Waals surface area (Å²) in [6, 6.07) is -0.567. The van der Waals surface area contributed by atoms with Gasteiger partial charge >= 0.3 is 12.0 Å². The zero-order chi connectivity index (χ0) is 15.6. The number of aromatic carboxylic acids is 1. The van der Waals surface area contributed by atoms with Crippen molar-refractivity contribution in [3.63, 3.8) is 0 Å². The molecular formula is C13H19N3O4S. The highest BCUT2D eigenvalue weighted by Crippen LogP contribution is 2.22. The number of thiazole rings is 1. The number of nitrogens with one attached hydrogen (secondary N) is 1. The molecule has 1 saturated heterocycles. The first-order valence-corrected chi connectivity index (χ1v) is 7.63. The van der Waals surface area contributed by atoms with Gasteiger partial charge in [-0.25, -0.2) is 14.6 Å². The van der Waals surface area contributed by atoms with Crippen LogP contribution < -0.4 is 5.32 Å². The van der Waals surface area contributed by atoms with Gasteiger partial charge in [-0.1, -0.05) is 0 Å². The number of hydrogen-bond donors (Lipinski definition) is 3. The Morgan fingerprint density at radius 2 is 2.10 bits per heavy atom. The number of amides is 2. The molecule has 0 aliphatic carbocycles. The largest absolute Gasteiger partial charge is 0.476 e. The summed E-state index contributed by atoms with van der Waals surface area (Å²) in [6.45, 7) is 4.55. The number of rotatable bonds is 3. The van der Waals surface area contributed by atoms with E-state index in [2.05, 4.69) is 10.3 Å². The van der Waals surface area contributed by atoms with Crippen LogP contribution in [-0.2, 0) is 0 Å². The highest BCUT2D eigenvalue weighted by atomic mass is 32.1. The van der Waals surface area contributed by atoms with Gasteiger partial charge in [-0.05, 0) is 26.7 Å². The predicted molar refractivity (Wildman–Crippen MR) is 77.5 cm³/mol. The highest BCUT2D eigenvalue weighted by molar-refractivity contribution is 7.09. The number of carbonyl (C=O) groups excluding carboxylic acids is 1. The average molecular weight is 313 g/mol. The Morgan fingerprint density at radius 1 is 1.48 bits per heavy atom. The summed E-state index contributed by atoms with van der Waals surface area (Å²) in [4.78, 5) is 28.5. The van der Waals surface area contributed by atoms with Crippen molar-refractivity contribution in [1.29, 1.82) is 0 Å². The summed E-state index contributed by atoms with van der Waals surface area (Å²) in [5.74, 6) is -1.07. The predicted octanol–water partition coefficient (Wildman–Crippen LogP) is 1.46. The third-order valence-electron chi connectivity index (χ3n) is 3.58. The van der Waals surface area contributed by atoms with Crippen molar-refractivity contribution in [2.24, 2.45) is 0 Å². The van der Waals surface area contributed by atoms with Crippen LogP contribution >= 0.6 is 11.3 Å². The minimum Gasteiger partial charge on any atom is -0.476 e. The van der Waals surface area contributed by atoms with Crippen LogP contribution in [0.3, 0.4) is 0 Å². The van der Waals surface area contributed by atoms with Crippen molar-refractivity contribution in [1.82, 2.24) is 15.2 Å². The summed E-state index contributed by atoms with van der Waals surface area (Å²) < 4.78 is 0. The maximum Gasteiger partial charge on any atom is 0.355 e. The molecule has 0 bridgehead atoms. The topological polar surface area (TPSA) is 103 Å². The van der Waals surface area contributed by atoms with Crippen LogP contribution in [0.4, 0.5) is 4.79 Å². The molecule has 1 fully saturated rings. The Balaban J connectivity index is 1.91. The molecule has 0 spiro atoms. The summed E-state index contributed by atoms with van der Waals surface area (Å²) in [6.07, 6.45) is 1.10. The lowest BCUT2D eigenvalue weighted by atomic mass is 9.94. The lowest BCUT2D eigenvalue weighted by molar-refractivity contribution is 0.00418. The molecule has 1 unspecified atom stereocenters. The molecule has 1 aliphatic rings. The molecule has 116 valence electrons. The van der Waals surface area contributed by atoms with Crippen molar-refractivity contribution in [3.05, 3.63) is 16.1 Å². The number of piperidine rings is 1. The Bertz CT molecular complexity index is 533. The maximum absolute atomic E-state index is 12.1. The van der Waals surface area contributed by atoms with Crippen molar-refractivity contribution in [2.45, 2.75) is 38.3 Å². The smallest absolute Gasteiger partial charge is 0.355 e. The number of hydrogen-bond acceptors (Lipinski definition) is 5. The molecule has 1 atom stereocenters. The number of nitrogens with zero attached hydrogens (tertiary/aromatic N) is 2. The SMILES string of the molecule is CC(NC(=O)N1CCC(C)(O)CC1)c1nc(C(=O)O)cs1. The average Bonchev–Trinajstić information content (AvgIpc) is 2.88. The number of carboxylic acids is 1. The van der Waals surface area contributed by atoms with Gasteiger partial charge in [0.2, 0.25) is 0 Å². The number of aliphatic hydroxyl groups is 1. The normalized spacial score (nSPS) is 19.1. The zero-order valence-corrected chi connectivity index (χ0v) is 12.8. The molecule has 7 nitrogen and oxygen atoms in total. The molecule has 0 saturated carbocycles. The van der Waals surface area contributed by atoms with Crippen LogP contribution in [0.1, 0.15) is 48.2 Å². The number of urea groups is 1. The second-order valence-corrected chi connectivity index (χ2v) is 6.42. The molecule has 1 aromatic rings. The van der Waals surface area contributed by atoms with Crippen LogP contribution in [0.5, 0.6) is 0 Å². The van der Waals surface area contributed by atoms with Crippen molar-refractivity contribution in [3.8, 4) is 0 Å². The van der Waals surface area contributed by atoms with E-state index in [-0.39, 0.29) is 17.8 Å². The molecule has 21 heavy (non-hydrogen) atoms. The van der Waals surface area contributed by atoms with Gasteiger partial charge in [0.1, 0.15) is 5.01 Å². The van der Waals surface area contributed by atoms with Crippen LogP contribution in [0.2, 0.25) is 0 Å². The van der Waals surface area contributed by atoms with E-state index in [1.807, 2.05) is 0 Å². The number of aromatic nitrogens is 1. The fraction of sp³-hybridized carbons (Fsp3) is 0.615. The lowest BCUT2D eigenvalue weighted by Crippen LogP contribution is -2.49. The monoisotopic (exact) mass is 313 g/mol. The molecule has 1 aromatic heterocycles. The summed E-state index contributed by atoms with van der Waals surface area (Å²) >= 11 is 1.21. The first kappa shape index (κ1) is 15.7. The van der Waals surface area contributed by atoms with Gasteiger partial charge in [-0.15, -0.1) is 11.3 Å². The molecule has 2 amide bonds. The van der Waals surface area contributed by atoms with E-state index in [0.29, 0.717) is 30.9 Å². The van der Waals surface area contributed by atoms with Gasteiger partial charge in [0.15, 0.2) is 5.69 Å². The summed E-state index contributed by atoms with van der Waals surface area (Å²) in [5, 5.41) is 23.5. The van der Waals surface area contributed by atoms with Gasteiger partial charge in [-0.3, -0.25) is 0 Å². The molecule has 3 N–H and O–H groups in total. The molecule has 0 radical (unpaired) electrons. The van der Waals surface area contributed by atoms with Crippen molar-refractivity contribution in [2.75, 3.05) is 13.1 Å². The van der Waals surface area contributed by atoms with Crippen LogP contribution in [-0.4, -0.2) is 50.8 Å². The molecule has 2 heterocycles. The van der Waals surface area contributed by atoms with E-state index in [4.69, 9.17) is 5.11 Å². The van der Waals surface area contributed by atoms with E-state index < -0.39 is 11.6 Å². The Morgan fingerprint density at radius 3 is 2.62 bits per heavy atom. The highest BCUT2D eigenvalue weighted by Gasteiger charge is 2.30. The molecule has 0 aromatic carbocycles. The number of carboxylic acid groups (broad SMARTS) is 1. The van der Waals surface area contributed by atoms with E-state index in [0.717, 1.165) is 0 Å². The van der Waals surface area contributed by atoms with Gasteiger partial charge < -0.3 is 20.4 Å². The number of likely N-dealkylation sites (tertiary alicyclic amines) is 1. The second kappa shape index (κ2) is 5.98. The minimum absolute atomic E-state index is 0.00915. The first-order chi connectivity index (χ1) is 9.78. The maximum atomic E-state index is 12.1. The summed E-state index contributed by atoms with van der Waals surface area (Å²) in [7, 11) is 0. The number of carbonyl (C=O) groups is 2. The van der Waals surface area contributed by atoms with Crippen LogP contribution in [0.15, 0.2) is 5.38 Å². The van der Waals surface area contributed by atoms with Crippen molar-refractivity contribution >= 4 is 23.3 Å². The fourth-order valence-corrected chi connectivity index (χ4v) is 2.91. The van der Waals surface area contributed by atoms with Crippen LogP contribution in [0, 0.1) is 0 Å². The molecule has 8 heteroatoms. The Kier molecular flexibility index (Phi) is 4.48. The Labute approximate surface area is 126 Å². The minimum atomic E-state index is -1.07. The Hall–Kier alpha value is -1.67. The van der Waals surface area contributed by atoms with E-state index >= 15 is 0 Å². The standard InChI is InChI=1S/C13H19N3O4S/c1-8(10-15-9(7-21-10)11(17)18)14-12(19)16-5-3-13(2,20)4-6-16/h7-8,20H,3-6H2,1-2H3,(H,14,19)(H,17,18). The fourth-order valence-electron chi connectivity index (χ4n) is 2.11. The van der Waals surface area contributed by atoms with E-state index in [9.17, 15) is 14.7 Å². The van der Waals surface area contributed by atoms with Gasteiger partial charge in [0, 0.05) is 18.5 Å². The summed E-state index contributed by atoms with van der Waals surface area (Å²) in [5.41, 5.74) is -0.709. The second-order valence-electron chi connectivity index (χ2n) is 5.53.